The zero-order valence-corrected chi connectivity index (χ0v) is 16.8. The lowest BCUT2D eigenvalue weighted by molar-refractivity contribution is -0.118. The van der Waals surface area contributed by atoms with Crippen LogP contribution in [0.3, 0.4) is 0 Å². The minimum Gasteiger partial charge on any atom is -0.273 e. The van der Waals surface area contributed by atoms with Crippen LogP contribution in [0.25, 0.3) is 0 Å². The normalized spacial score (nSPS) is 10.9. The molecule has 0 spiro atoms. The highest BCUT2D eigenvalue weighted by molar-refractivity contribution is 9.10. The average molecular weight is 437 g/mol. The SMILES string of the molecule is C.CCC(=O)N(/N=C(\Cc1ccccc1)c1ccccc1)c1ccccc1Br. The van der Waals surface area contributed by atoms with Gasteiger partial charge in [0, 0.05) is 17.3 Å². The Bertz CT molecular complexity index is 924. The van der Waals surface area contributed by atoms with Gasteiger partial charge in [0.25, 0.3) is 0 Å². The van der Waals surface area contributed by atoms with Crippen LogP contribution in [0.1, 0.15) is 31.9 Å². The van der Waals surface area contributed by atoms with Crippen LogP contribution in [0, 0.1) is 0 Å². The van der Waals surface area contributed by atoms with Gasteiger partial charge in [0.05, 0.1) is 11.4 Å². The second-order valence-electron chi connectivity index (χ2n) is 6.09. The second-order valence-corrected chi connectivity index (χ2v) is 6.94. The Balaban J connectivity index is 0.00000280. The lowest BCUT2D eigenvalue weighted by atomic mass is 10.0. The van der Waals surface area contributed by atoms with E-state index < -0.39 is 0 Å². The zero-order chi connectivity index (χ0) is 19.1. The molecule has 0 unspecified atom stereocenters. The number of para-hydroxylation sites is 1. The summed E-state index contributed by atoms with van der Waals surface area (Å²) >= 11 is 3.54. The first-order valence-corrected chi connectivity index (χ1v) is 9.72. The monoisotopic (exact) mass is 436 g/mol. The van der Waals surface area contributed by atoms with Crippen molar-refractivity contribution in [2.75, 3.05) is 5.01 Å². The van der Waals surface area contributed by atoms with E-state index >= 15 is 0 Å². The van der Waals surface area contributed by atoms with E-state index in [9.17, 15) is 4.79 Å². The molecule has 0 aliphatic heterocycles. The average Bonchev–Trinajstić information content (AvgIpc) is 2.72. The summed E-state index contributed by atoms with van der Waals surface area (Å²) < 4.78 is 0.836. The topological polar surface area (TPSA) is 32.7 Å². The van der Waals surface area contributed by atoms with Crippen molar-refractivity contribution in [3.63, 3.8) is 0 Å². The molecule has 3 rings (SSSR count). The summed E-state index contributed by atoms with van der Waals surface area (Å²) in [7, 11) is 0. The van der Waals surface area contributed by atoms with Gasteiger partial charge in [0.1, 0.15) is 0 Å². The van der Waals surface area contributed by atoms with Crippen LogP contribution in [0.5, 0.6) is 0 Å². The molecule has 0 radical (unpaired) electrons. The summed E-state index contributed by atoms with van der Waals surface area (Å²) in [5, 5.41) is 6.32. The molecule has 28 heavy (non-hydrogen) atoms. The van der Waals surface area contributed by atoms with Crippen molar-refractivity contribution < 1.29 is 4.79 Å². The summed E-state index contributed by atoms with van der Waals surface area (Å²) in [5.41, 5.74) is 3.74. The Labute approximate surface area is 175 Å². The predicted octanol–water partition coefficient (Wildman–Crippen LogP) is 6.48. The van der Waals surface area contributed by atoms with Gasteiger partial charge in [-0.2, -0.15) is 10.1 Å². The van der Waals surface area contributed by atoms with Gasteiger partial charge in [-0.3, -0.25) is 4.79 Å². The maximum absolute atomic E-state index is 12.7. The summed E-state index contributed by atoms with van der Waals surface area (Å²) in [6.07, 6.45) is 1.01. The fourth-order valence-corrected chi connectivity index (χ4v) is 3.21. The Morgan fingerprint density at radius 2 is 1.46 bits per heavy atom. The molecule has 3 nitrogen and oxygen atoms in total. The third-order valence-corrected chi connectivity index (χ3v) is 4.83. The van der Waals surface area contributed by atoms with Gasteiger partial charge in [0.2, 0.25) is 5.91 Å². The Hall–Kier alpha value is -2.72. The van der Waals surface area contributed by atoms with Crippen molar-refractivity contribution in [1.82, 2.24) is 0 Å². The van der Waals surface area contributed by atoms with Crippen LogP contribution in [0.15, 0.2) is 94.5 Å². The summed E-state index contributed by atoms with van der Waals surface area (Å²) in [4.78, 5) is 12.7. The van der Waals surface area contributed by atoms with E-state index in [2.05, 4.69) is 28.1 Å². The number of hydrogen-bond donors (Lipinski definition) is 0. The van der Waals surface area contributed by atoms with Crippen LogP contribution in [-0.4, -0.2) is 11.6 Å². The first kappa shape index (κ1) is 21.6. The maximum atomic E-state index is 12.7. The fraction of sp³-hybridized carbons (Fsp3) is 0.167. The number of halogens is 1. The maximum Gasteiger partial charge on any atom is 0.247 e. The molecule has 144 valence electrons. The number of carbonyl (C=O) groups is 1. The summed E-state index contributed by atoms with van der Waals surface area (Å²) in [5.74, 6) is -0.0524. The van der Waals surface area contributed by atoms with Crippen LogP contribution in [-0.2, 0) is 11.2 Å². The van der Waals surface area contributed by atoms with E-state index in [1.165, 1.54) is 5.01 Å². The molecule has 0 bridgehead atoms. The first-order chi connectivity index (χ1) is 13.2. The number of rotatable bonds is 6. The molecule has 0 atom stereocenters. The van der Waals surface area contributed by atoms with Crippen molar-refractivity contribution in [3.05, 3.63) is 101 Å². The molecule has 0 N–H and O–H groups in total. The number of hydrazone groups is 1. The number of anilines is 1. The standard InChI is InChI=1S/C23H21BrN2O.CH4/c1-2-23(27)26(22-16-10-9-15-20(22)24)25-21(19-13-7-4-8-14-19)17-18-11-5-3-6-12-18;/h3-16H,2,17H2,1H3;1H4/b25-21+;. The zero-order valence-electron chi connectivity index (χ0n) is 15.2. The Morgan fingerprint density at radius 1 is 0.893 bits per heavy atom. The Kier molecular flexibility index (Phi) is 8.15. The van der Waals surface area contributed by atoms with Crippen molar-refractivity contribution in [2.24, 2.45) is 5.10 Å². The van der Waals surface area contributed by atoms with Crippen molar-refractivity contribution in [2.45, 2.75) is 27.2 Å². The second kappa shape index (κ2) is 10.6. The van der Waals surface area contributed by atoms with E-state index in [-0.39, 0.29) is 13.3 Å². The highest BCUT2D eigenvalue weighted by atomic mass is 79.9. The largest absolute Gasteiger partial charge is 0.273 e. The van der Waals surface area contributed by atoms with Crippen LogP contribution >= 0.6 is 15.9 Å². The van der Waals surface area contributed by atoms with Crippen LogP contribution < -0.4 is 5.01 Å². The van der Waals surface area contributed by atoms with E-state index in [0.717, 1.165) is 27.0 Å². The molecule has 0 aliphatic carbocycles. The molecule has 0 fully saturated rings. The molecular weight excluding hydrogens is 412 g/mol. The Morgan fingerprint density at radius 3 is 2.07 bits per heavy atom. The van der Waals surface area contributed by atoms with Gasteiger partial charge < -0.3 is 0 Å². The van der Waals surface area contributed by atoms with Gasteiger partial charge in [0.15, 0.2) is 0 Å². The molecule has 4 heteroatoms. The lowest BCUT2D eigenvalue weighted by Gasteiger charge is -2.20. The molecule has 0 saturated heterocycles. The van der Waals surface area contributed by atoms with Gasteiger partial charge in [-0.25, -0.2) is 0 Å². The molecular formula is C24H25BrN2O. The predicted molar refractivity (Wildman–Crippen MR) is 122 cm³/mol. The molecule has 0 heterocycles. The van der Waals surface area contributed by atoms with Crippen molar-refractivity contribution in [3.8, 4) is 0 Å². The third-order valence-electron chi connectivity index (χ3n) is 4.16. The summed E-state index contributed by atoms with van der Waals surface area (Å²) in [6, 6.07) is 27.8. The van der Waals surface area contributed by atoms with Gasteiger partial charge in [-0.05, 0) is 39.2 Å². The lowest BCUT2D eigenvalue weighted by Crippen LogP contribution is -2.27. The van der Waals surface area contributed by atoms with Crippen molar-refractivity contribution >= 4 is 33.2 Å². The first-order valence-electron chi connectivity index (χ1n) is 8.93. The number of carbonyl (C=O) groups excluding carboxylic acids is 1. The molecule has 0 aliphatic rings. The smallest absolute Gasteiger partial charge is 0.247 e. The van der Waals surface area contributed by atoms with Gasteiger partial charge >= 0.3 is 0 Å². The molecule has 0 aromatic heterocycles. The molecule has 3 aromatic rings. The van der Waals surface area contributed by atoms with E-state index in [4.69, 9.17) is 5.10 Å². The minimum atomic E-state index is -0.0524. The number of nitrogens with zero attached hydrogens (tertiary/aromatic N) is 2. The highest BCUT2D eigenvalue weighted by Gasteiger charge is 2.18. The van der Waals surface area contributed by atoms with Crippen LogP contribution in [0.4, 0.5) is 5.69 Å². The van der Waals surface area contributed by atoms with E-state index in [1.54, 1.807) is 0 Å². The highest BCUT2D eigenvalue weighted by Crippen LogP contribution is 2.27. The van der Waals surface area contributed by atoms with E-state index in [0.29, 0.717) is 12.8 Å². The van der Waals surface area contributed by atoms with Gasteiger partial charge in [-0.15, -0.1) is 0 Å². The van der Waals surface area contributed by atoms with Gasteiger partial charge in [-0.1, -0.05) is 87.1 Å². The molecule has 0 saturated carbocycles. The fourth-order valence-electron chi connectivity index (χ4n) is 2.75. The molecule has 1 amide bonds. The third kappa shape index (κ3) is 5.40. The molecule has 3 aromatic carbocycles. The minimum absolute atomic E-state index is 0. The number of hydrogen-bond acceptors (Lipinski definition) is 2. The number of benzene rings is 3. The quantitative estimate of drug-likeness (QED) is 0.321. The van der Waals surface area contributed by atoms with Crippen molar-refractivity contribution in [1.29, 1.82) is 0 Å². The van der Waals surface area contributed by atoms with Crippen LogP contribution in [0.2, 0.25) is 0 Å². The number of amides is 1. The van der Waals surface area contributed by atoms with E-state index in [1.807, 2.05) is 79.7 Å². The summed E-state index contributed by atoms with van der Waals surface area (Å²) in [6.45, 7) is 1.85.